The van der Waals surface area contributed by atoms with E-state index in [2.05, 4.69) is 16.0 Å². The molecule has 0 radical (unpaired) electrons. The minimum Gasteiger partial charge on any atom is -0.464 e. The van der Waals surface area contributed by atoms with Crippen LogP contribution in [0.3, 0.4) is 0 Å². The summed E-state index contributed by atoms with van der Waals surface area (Å²) >= 11 is 0. The highest BCUT2D eigenvalue weighted by Crippen LogP contribution is 2.12. The molecule has 0 spiro atoms. The second kappa shape index (κ2) is 16.0. The lowest BCUT2D eigenvalue weighted by Crippen LogP contribution is -2.53. The highest BCUT2D eigenvalue weighted by atomic mass is 16.5. The summed E-state index contributed by atoms with van der Waals surface area (Å²) in [4.78, 5) is 52.5. The number of rotatable bonds is 14. The van der Waals surface area contributed by atoms with E-state index in [-0.39, 0.29) is 31.4 Å². The maximum Gasteiger partial charge on any atom is 0.318 e. The molecular formula is C28H39N5O5. The van der Waals surface area contributed by atoms with Gasteiger partial charge in [0.05, 0.1) is 6.54 Å². The summed E-state index contributed by atoms with van der Waals surface area (Å²) in [5, 5.41) is 8.48. The summed E-state index contributed by atoms with van der Waals surface area (Å²) in [6, 6.07) is 15.6. The van der Waals surface area contributed by atoms with Crippen molar-refractivity contribution in [3.63, 3.8) is 0 Å². The Morgan fingerprint density at radius 1 is 0.868 bits per heavy atom. The van der Waals surface area contributed by atoms with Gasteiger partial charge in [0.25, 0.3) is 0 Å². The van der Waals surface area contributed by atoms with E-state index < -0.39 is 18.0 Å². The van der Waals surface area contributed by atoms with Gasteiger partial charge in [0.2, 0.25) is 11.8 Å². The molecule has 0 aliphatic rings. The zero-order valence-electron chi connectivity index (χ0n) is 22.7. The fraction of sp³-hybridized carbons (Fsp3) is 0.429. The van der Waals surface area contributed by atoms with Gasteiger partial charge in [-0.25, -0.2) is 4.79 Å². The molecule has 206 valence electrons. The minimum atomic E-state index is -0.829. The van der Waals surface area contributed by atoms with Crippen molar-refractivity contribution in [1.82, 2.24) is 20.4 Å². The van der Waals surface area contributed by atoms with Crippen molar-refractivity contribution in [2.75, 3.05) is 52.2 Å². The number of urea groups is 1. The van der Waals surface area contributed by atoms with E-state index in [1.165, 1.54) is 13.8 Å². The van der Waals surface area contributed by atoms with Crippen LogP contribution in [0.1, 0.15) is 25.0 Å². The summed E-state index contributed by atoms with van der Waals surface area (Å²) < 4.78 is 5.06. The van der Waals surface area contributed by atoms with Gasteiger partial charge in [-0.15, -0.1) is 0 Å². The zero-order valence-corrected chi connectivity index (χ0v) is 22.7. The summed E-state index contributed by atoms with van der Waals surface area (Å²) in [5.74, 6) is -0.893. The van der Waals surface area contributed by atoms with Crippen molar-refractivity contribution in [3.05, 3.63) is 65.7 Å². The largest absolute Gasteiger partial charge is 0.464 e. The van der Waals surface area contributed by atoms with Gasteiger partial charge in [-0.2, -0.15) is 0 Å². The van der Waals surface area contributed by atoms with E-state index in [1.54, 1.807) is 17.0 Å². The minimum absolute atomic E-state index is 0.0574. The van der Waals surface area contributed by atoms with Gasteiger partial charge in [-0.1, -0.05) is 42.5 Å². The maximum atomic E-state index is 13.3. The summed E-state index contributed by atoms with van der Waals surface area (Å²) in [7, 11) is 3.82. The standard InChI is InChI=1S/C28H39N5O5/c1-21(34)30-25-12-10-24(11-13-25)20-26(27(36)29-15-17-32(3)4)31-28(37)33(18-19-38-22(2)35)16-14-23-8-6-5-7-9-23/h5-13,26H,14-20H2,1-4H3,(H,29,36)(H,30,34)(H,31,37). The Balaban J connectivity index is 2.15. The number of anilines is 1. The van der Waals surface area contributed by atoms with Gasteiger partial charge in [0, 0.05) is 45.6 Å². The molecule has 10 heteroatoms. The Hall–Kier alpha value is -3.92. The van der Waals surface area contributed by atoms with E-state index in [0.717, 1.165) is 11.1 Å². The molecule has 3 N–H and O–H groups in total. The number of nitrogens with one attached hydrogen (secondary N) is 3. The van der Waals surface area contributed by atoms with Gasteiger partial charge in [-0.05, 0) is 43.8 Å². The molecule has 0 aromatic heterocycles. The van der Waals surface area contributed by atoms with E-state index in [0.29, 0.717) is 31.7 Å². The smallest absolute Gasteiger partial charge is 0.318 e. The van der Waals surface area contributed by atoms with Gasteiger partial charge in [0.15, 0.2) is 0 Å². The first-order valence-electron chi connectivity index (χ1n) is 12.7. The van der Waals surface area contributed by atoms with Gasteiger partial charge >= 0.3 is 12.0 Å². The Bertz CT molecular complexity index is 1040. The quantitative estimate of drug-likeness (QED) is 0.325. The first kappa shape index (κ1) is 30.3. The Morgan fingerprint density at radius 2 is 1.55 bits per heavy atom. The van der Waals surface area contributed by atoms with Gasteiger partial charge < -0.3 is 30.5 Å². The molecule has 4 amide bonds. The maximum absolute atomic E-state index is 13.3. The summed E-state index contributed by atoms with van der Waals surface area (Å²) in [5.41, 5.74) is 2.53. The molecule has 1 atom stereocenters. The molecule has 0 saturated heterocycles. The lowest BCUT2D eigenvalue weighted by atomic mass is 10.0. The third-order valence-corrected chi connectivity index (χ3v) is 5.65. The SMILES string of the molecule is CC(=O)Nc1ccc(CC(NC(=O)N(CCOC(C)=O)CCc2ccccc2)C(=O)NCCN(C)C)cc1. The van der Waals surface area contributed by atoms with Crippen LogP contribution in [0.25, 0.3) is 0 Å². The third kappa shape index (κ3) is 11.9. The molecule has 0 saturated carbocycles. The molecule has 10 nitrogen and oxygen atoms in total. The second-order valence-corrected chi connectivity index (χ2v) is 9.24. The van der Waals surface area contributed by atoms with Crippen molar-refractivity contribution in [3.8, 4) is 0 Å². The molecule has 1 unspecified atom stereocenters. The first-order chi connectivity index (χ1) is 18.1. The lowest BCUT2D eigenvalue weighted by Gasteiger charge is -2.26. The number of esters is 1. The highest BCUT2D eigenvalue weighted by Gasteiger charge is 2.24. The normalized spacial score (nSPS) is 11.4. The number of amides is 4. The third-order valence-electron chi connectivity index (χ3n) is 5.65. The first-order valence-corrected chi connectivity index (χ1v) is 12.7. The average molecular weight is 526 g/mol. The molecule has 2 aromatic rings. The van der Waals surface area contributed by atoms with Crippen molar-refractivity contribution in [2.45, 2.75) is 32.7 Å². The number of likely N-dealkylation sites (N-methyl/N-ethyl adjacent to an activating group) is 1. The van der Waals surface area contributed by atoms with Gasteiger partial charge in [0.1, 0.15) is 12.6 Å². The second-order valence-electron chi connectivity index (χ2n) is 9.24. The fourth-order valence-electron chi connectivity index (χ4n) is 3.66. The molecule has 0 fully saturated rings. The van der Waals surface area contributed by atoms with Crippen LogP contribution in [0.5, 0.6) is 0 Å². The monoisotopic (exact) mass is 525 g/mol. The number of nitrogens with zero attached hydrogens (tertiary/aromatic N) is 2. The molecular weight excluding hydrogens is 486 g/mol. The molecule has 2 rings (SSSR count). The molecule has 38 heavy (non-hydrogen) atoms. The topological polar surface area (TPSA) is 120 Å². The molecule has 0 bridgehead atoms. The van der Waals surface area contributed by atoms with E-state index >= 15 is 0 Å². The predicted octanol–water partition coefficient (Wildman–Crippen LogP) is 2.05. The summed E-state index contributed by atoms with van der Waals surface area (Å²) in [6.07, 6.45) is 0.870. The average Bonchev–Trinajstić information content (AvgIpc) is 2.86. The molecule has 2 aromatic carbocycles. The summed E-state index contributed by atoms with van der Waals surface area (Å²) in [6.45, 7) is 4.48. The van der Waals surface area contributed by atoms with E-state index in [9.17, 15) is 19.2 Å². The van der Waals surface area contributed by atoms with E-state index in [1.807, 2.05) is 61.5 Å². The van der Waals surface area contributed by atoms with Crippen LogP contribution in [0, 0.1) is 0 Å². The van der Waals surface area contributed by atoms with Crippen LogP contribution in [-0.2, 0) is 32.0 Å². The zero-order chi connectivity index (χ0) is 27.9. The van der Waals surface area contributed by atoms with Crippen LogP contribution in [0.15, 0.2) is 54.6 Å². The van der Waals surface area contributed by atoms with Crippen LogP contribution in [0.2, 0.25) is 0 Å². The Kier molecular flexibility index (Phi) is 12.8. The van der Waals surface area contributed by atoms with Crippen LogP contribution < -0.4 is 16.0 Å². The van der Waals surface area contributed by atoms with Crippen LogP contribution in [-0.4, -0.2) is 86.5 Å². The number of carbonyl (C=O) groups is 4. The number of benzene rings is 2. The van der Waals surface area contributed by atoms with Crippen LogP contribution in [0.4, 0.5) is 10.5 Å². The number of ether oxygens (including phenoxy) is 1. The van der Waals surface area contributed by atoms with Crippen molar-refractivity contribution < 1.29 is 23.9 Å². The Morgan fingerprint density at radius 3 is 2.16 bits per heavy atom. The van der Waals surface area contributed by atoms with Crippen molar-refractivity contribution >= 4 is 29.5 Å². The number of hydrogen-bond donors (Lipinski definition) is 3. The highest BCUT2D eigenvalue weighted by molar-refractivity contribution is 5.89. The molecule has 0 heterocycles. The number of carbonyl (C=O) groups excluding carboxylic acids is 4. The number of hydrogen-bond acceptors (Lipinski definition) is 6. The van der Waals surface area contributed by atoms with Gasteiger partial charge in [-0.3, -0.25) is 14.4 Å². The molecule has 0 aliphatic carbocycles. The van der Waals surface area contributed by atoms with Crippen LogP contribution >= 0.6 is 0 Å². The van der Waals surface area contributed by atoms with Crippen molar-refractivity contribution in [2.24, 2.45) is 0 Å². The molecule has 0 aliphatic heterocycles. The van der Waals surface area contributed by atoms with E-state index in [4.69, 9.17) is 4.74 Å². The predicted molar refractivity (Wildman–Crippen MR) is 147 cm³/mol. The lowest BCUT2D eigenvalue weighted by molar-refractivity contribution is -0.141. The van der Waals surface area contributed by atoms with Crippen molar-refractivity contribution in [1.29, 1.82) is 0 Å². The Labute approximate surface area is 224 Å². The fourth-order valence-corrected chi connectivity index (χ4v) is 3.66.